The van der Waals surface area contributed by atoms with E-state index in [1.165, 1.54) is 5.56 Å². The second kappa shape index (κ2) is 7.20. The summed E-state index contributed by atoms with van der Waals surface area (Å²) in [5.74, 6) is 0.0246. The van der Waals surface area contributed by atoms with E-state index in [9.17, 15) is 4.79 Å². The molecular weight excluding hydrogens is 304 g/mol. The van der Waals surface area contributed by atoms with E-state index in [1.54, 1.807) is 17.5 Å². The van der Waals surface area contributed by atoms with E-state index in [-0.39, 0.29) is 5.91 Å². The smallest absolute Gasteiger partial charge is 0.224 e. The van der Waals surface area contributed by atoms with Crippen molar-refractivity contribution in [2.45, 2.75) is 19.9 Å². The van der Waals surface area contributed by atoms with Gasteiger partial charge in [0, 0.05) is 24.5 Å². The standard InChI is InChI=1S/C19H18N2OS/c1-14-3-2-4-15(7-14)9-19(22)21-11-16-8-18(12-20-10-16)17-5-6-23-13-17/h2-8,10,12-13H,9,11H2,1H3,(H,21,22). The van der Waals surface area contributed by atoms with E-state index >= 15 is 0 Å². The number of aromatic nitrogens is 1. The molecule has 3 aromatic rings. The van der Waals surface area contributed by atoms with E-state index in [4.69, 9.17) is 0 Å². The lowest BCUT2D eigenvalue weighted by Gasteiger charge is -2.07. The number of thiophene rings is 1. The van der Waals surface area contributed by atoms with Crippen LogP contribution < -0.4 is 5.32 Å². The van der Waals surface area contributed by atoms with Crippen LogP contribution in [0.1, 0.15) is 16.7 Å². The Morgan fingerprint density at radius 1 is 1.13 bits per heavy atom. The van der Waals surface area contributed by atoms with Gasteiger partial charge < -0.3 is 5.32 Å². The van der Waals surface area contributed by atoms with E-state index in [2.05, 4.69) is 27.8 Å². The van der Waals surface area contributed by atoms with Crippen molar-refractivity contribution in [1.82, 2.24) is 10.3 Å². The monoisotopic (exact) mass is 322 g/mol. The Morgan fingerprint density at radius 3 is 2.83 bits per heavy atom. The second-order valence-corrected chi connectivity index (χ2v) is 6.32. The Labute approximate surface area is 140 Å². The zero-order valence-electron chi connectivity index (χ0n) is 13.0. The van der Waals surface area contributed by atoms with E-state index in [0.717, 1.165) is 22.3 Å². The molecule has 0 saturated heterocycles. The minimum atomic E-state index is 0.0246. The predicted octanol–water partition coefficient (Wildman–Crippen LogP) is 3.98. The second-order valence-electron chi connectivity index (χ2n) is 5.54. The average Bonchev–Trinajstić information content (AvgIpc) is 3.08. The zero-order chi connectivity index (χ0) is 16.1. The molecule has 0 aliphatic rings. The molecule has 1 amide bonds. The summed E-state index contributed by atoms with van der Waals surface area (Å²) in [5, 5.41) is 7.10. The van der Waals surface area contributed by atoms with Crippen LogP contribution in [-0.2, 0) is 17.8 Å². The first-order valence-corrected chi connectivity index (χ1v) is 8.44. The maximum atomic E-state index is 12.1. The lowest BCUT2D eigenvalue weighted by molar-refractivity contribution is -0.120. The third-order valence-electron chi connectivity index (χ3n) is 3.59. The molecule has 116 valence electrons. The molecule has 0 fully saturated rings. The first-order chi connectivity index (χ1) is 11.2. The summed E-state index contributed by atoms with van der Waals surface area (Å²) in [7, 11) is 0. The number of nitrogens with zero attached hydrogens (tertiary/aromatic N) is 1. The van der Waals surface area contributed by atoms with Crippen LogP contribution in [0.4, 0.5) is 0 Å². The van der Waals surface area contributed by atoms with Crippen molar-refractivity contribution in [2.24, 2.45) is 0 Å². The first-order valence-electron chi connectivity index (χ1n) is 7.49. The number of nitrogens with one attached hydrogen (secondary N) is 1. The van der Waals surface area contributed by atoms with Gasteiger partial charge in [-0.05, 0) is 46.5 Å². The first kappa shape index (κ1) is 15.4. The van der Waals surface area contributed by atoms with Crippen molar-refractivity contribution in [3.8, 4) is 11.1 Å². The molecule has 1 aromatic carbocycles. The quantitative estimate of drug-likeness (QED) is 0.772. The van der Waals surface area contributed by atoms with Crippen LogP contribution in [0.3, 0.4) is 0 Å². The lowest BCUT2D eigenvalue weighted by atomic mass is 10.1. The van der Waals surface area contributed by atoms with Gasteiger partial charge in [-0.3, -0.25) is 9.78 Å². The summed E-state index contributed by atoms with van der Waals surface area (Å²) in [6, 6.07) is 12.2. The topological polar surface area (TPSA) is 42.0 Å². The Morgan fingerprint density at radius 2 is 2.04 bits per heavy atom. The molecule has 0 bridgehead atoms. The van der Waals surface area contributed by atoms with Gasteiger partial charge in [0.25, 0.3) is 0 Å². The van der Waals surface area contributed by atoms with Crippen molar-refractivity contribution < 1.29 is 4.79 Å². The summed E-state index contributed by atoms with van der Waals surface area (Å²) in [6.07, 6.45) is 4.04. The largest absolute Gasteiger partial charge is 0.352 e. The van der Waals surface area contributed by atoms with Gasteiger partial charge >= 0.3 is 0 Å². The van der Waals surface area contributed by atoms with E-state index in [1.807, 2.05) is 42.8 Å². The van der Waals surface area contributed by atoms with Gasteiger partial charge in [0.15, 0.2) is 0 Å². The van der Waals surface area contributed by atoms with Crippen molar-refractivity contribution >= 4 is 17.2 Å². The van der Waals surface area contributed by atoms with E-state index < -0.39 is 0 Å². The number of amides is 1. The van der Waals surface area contributed by atoms with Gasteiger partial charge in [0.05, 0.1) is 6.42 Å². The van der Waals surface area contributed by atoms with Crippen LogP contribution in [-0.4, -0.2) is 10.9 Å². The van der Waals surface area contributed by atoms with Crippen LogP contribution in [0.5, 0.6) is 0 Å². The molecule has 0 unspecified atom stereocenters. The van der Waals surface area contributed by atoms with E-state index in [0.29, 0.717) is 13.0 Å². The van der Waals surface area contributed by atoms with Crippen molar-refractivity contribution in [2.75, 3.05) is 0 Å². The fourth-order valence-corrected chi connectivity index (χ4v) is 3.11. The Balaban J connectivity index is 1.60. The SMILES string of the molecule is Cc1cccc(CC(=O)NCc2cncc(-c3ccsc3)c2)c1. The highest BCUT2D eigenvalue weighted by molar-refractivity contribution is 7.08. The van der Waals surface area contributed by atoms with Crippen LogP contribution in [0.25, 0.3) is 11.1 Å². The molecule has 23 heavy (non-hydrogen) atoms. The third-order valence-corrected chi connectivity index (χ3v) is 4.27. The predicted molar refractivity (Wildman–Crippen MR) is 94.3 cm³/mol. The summed E-state index contributed by atoms with van der Waals surface area (Å²) in [4.78, 5) is 16.3. The molecular formula is C19H18N2OS. The third kappa shape index (κ3) is 4.27. The molecule has 0 aliphatic heterocycles. The number of benzene rings is 1. The number of carbonyl (C=O) groups is 1. The highest BCUT2D eigenvalue weighted by Crippen LogP contribution is 2.21. The van der Waals surface area contributed by atoms with Gasteiger partial charge in [0.1, 0.15) is 0 Å². The number of rotatable bonds is 5. The molecule has 3 rings (SSSR count). The van der Waals surface area contributed by atoms with Crippen LogP contribution in [0, 0.1) is 6.92 Å². The molecule has 2 heterocycles. The Hall–Kier alpha value is -2.46. The molecule has 0 aliphatic carbocycles. The maximum absolute atomic E-state index is 12.1. The number of pyridine rings is 1. The van der Waals surface area contributed by atoms with Gasteiger partial charge in [-0.25, -0.2) is 0 Å². The summed E-state index contributed by atoms with van der Waals surface area (Å²) >= 11 is 1.66. The number of aryl methyl sites for hydroxylation is 1. The number of carbonyl (C=O) groups excluding carboxylic acids is 1. The fraction of sp³-hybridized carbons (Fsp3) is 0.158. The van der Waals surface area contributed by atoms with Crippen LogP contribution in [0.15, 0.2) is 59.6 Å². The van der Waals surface area contributed by atoms with Crippen LogP contribution in [0.2, 0.25) is 0 Å². The molecule has 3 nitrogen and oxygen atoms in total. The number of hydrogen-bond donors (Lipinski definition) is 1. The summed E-state index contributed by atoms with van der Waals surface area (Å²) < 4.78 is 0. The van der Waals surface area contributed by atoms with Crippen molar-refractivity contribution in [3.63, 3.8) is 0 Å². The molecule has 4 heteroatoms. The molecule has 0 atom stereocenters. The van der Waals surface area contributed by atoms with Crippen molar-refractivity contribution in [1.29, 1.82) is 0 Å². The molecule has 0 spiro atoms. The molecule has 2 aromatic heterocycles. The van der Waals surface area contributed by atoms with Crippen LogP contribution >= 0.6 is 11.3 Å². The highest BCUT2D eigenvalue weighted by Gasteiger charge is 2.05. The Bertz CT molecular complexity index is 797. The average molecular weight is 322 g/mol. The summed E-state index contributed by atoms with van der Waals surface area (Å²) in [6.45, 7) is 2.53. The normalized spacial score (nSPS) is 10.5. The minimum Gasteiger partial charge on any atom is -0.352 e. The fourth-order valence-electron chi connectivity index (χ4n) is 2.44. The van der Waals surface area contributed by atoms with Crippen molar-refractivity contribution in [3.05, 3.63) is 76.2 Å². The molecule has 1 N–H and O–H groups in total. The van der Waals surface area contributed by atoms with Gasteiger partial charge in [0.2, 0.25) is 5.91 Å². The Kier molecular flexibility index (Phi) is 4.83. The maximum Gasteiger partial charge on any atom is 0.224 e. The van der Waals surface area contributed by atoms with Gasteiger partial charge in [-0.2, -0.15) is 11.3 Å². The highest BCUT2D eigenvalue weighted by atomic mass is 32.1. The van der Waals surface area contributed by atoms with Gasteiger partial charge in [-0.1, -0.05) is 29.8 Å². The number of hydrogen-bond acceptors (Lipinski definition) is 3. The summed E-state index contributed by atoms with van der Waals surface area (Å²) in [5.41, 5.74) is 5.45. The zero-order valence-corrected chi connectivity index (χ0v) is 13.8. The molecule has 0 saturated carbocycles. The van der Waals surface area contributed by atoms with Gasteiger partial charge in [-0.15, -0.1) is 0 Å². The molecule has 0 radical (unpaired) electrons. The lowest BCUT2D eigenvalue weighted by Crippen LogP contribution is -2.24. The minimum absolute atomic E-state index is 0.0246.